The normalized spacial score (nSPS) is 14.7. The van der Waals surface area contributed by atoms with Gasteiger partial charge in [0.15, 0.2) is 18.2 Å². The Labute approximate surface area is 173 Å². The predicted octanol–water partition coefficient (Wildman–Crippen LogP) is 2.79. The van der Waals surface area contributed by atoms with Gasteiger partial charge in [0, 0.05) is 23.6 Å². The molecule has 0 aromatic heterocycles. The summed E-state index contributed by atoms with van der Waals surface area (Å²) in [5.74, 6) is -0.378. The minimum absolute atomic E-state index is 0.0459. The number of hydrazine groups is 1. The minimum Gasteiger partial charge on any atom is -0.493 e. The molecule has 0 saturated carbocycles. The minimum atomic E-state index is -0.630. The van der Waals surface area contributed by atoms with Gasteiger partial charge >= 0.3 is 0 Å². The first kappa shape index (κ1) is 21.2. The first-order valence-electron chi connectivity index (χ1n) is 9.57. The van der Waals surface area contributed by atoms with Gasteiger partial charge in [-0.05, 0) is 44.2 Å². The summed E-state index contributed by atoms with van der Waals surface area (Å²) in [7, 11) is 0. The van der Waals surface area contributed by atoms with Crippen molar-refractivity contribution in [1.82, 2.24) is 10.9 Å². The average molecular weight is 414 g/mol. The number of nitrogens with one attached hydrogen (secondary N) is 2. The molecule has 0 saturated heterocycles. The molecule has 7 nitrogen and oxygen atoms in total. The maximum Gasteiger partial charge on any atom is 0.276 e. The van der Waals surface area contributed by atoms with Gasteiger partial charge in [0.1, 0.15) is 17.6 Å². The van der Waals surface area contributed by atoms with E-state index in [2.05, 4.69) is 10.9 Å². The first-order valence-corrected chi connectivity index (χ1v) is 9.57. The summed E-state index contributed by atoms with van der Waals surface area (Å²) >= 11 is 0. The van der Waals surface area contributed by atoms with Crippen LogP contribution in [0.5, 0.6) is 17.2 Å². The van der Waals surface area contributed by atoms with E-state index in [1.807, 2.05) is 26.0 Å². The summed E-state index contributed by atoms with van der Waals surface area (Å²) in [4.78, 5) is 23.8. The highest BCUT2D eigenvalue weighted by Gasteiger charge is 2.21. The Kier molecular flexibility index (Phi) is 6.90. The largest absolute Gasteiger partial charge is 0.493 e. The third-order valence-corrected chi connectivity index (χ3v) is 4.26. The third kappa shape index (κ3) is 5.50. The summed E-state index contributed by atoms with van der Waals surface area (Å²) in [6, 6.07) is 9.47. The molecule has 1 atom stereocenters. The Morgan fingerprint density at radius 2 is 2.00 bits per heavy atom. The Morgan fingerprint density at radius 1 is 1.20 bits per heavy atom. The molecule has 30 heavy (non-hydrogen) atoms. The Hall–Kier alpha value is -3.55. The smallest absolute Gasteiger partial charge is 0.276 e. The highest BCUT2D eigenvalue weighted by molar-refractivity contribution is 5.93. The molecule has 2 aromatic rings. The molecule has 1 heterocycles. The van der Waals surface area contributed by atoms with Crippen LogP contribution in [0.4, 0.5) is 4.39 Å². The fraction of sp³-hybridized carbons (Fsp3) is 0.273. The molecule has 0 fully saturated rings. The Morgan fingerprint density at radius 3 is 2.77 bits per heavy atom. The molecule has 0 unspecified atom stereocenters. The van der Waals surface area contributed by atoms with Crippen LogP contribution in [0.3, 0.4) is 0 Å². The van der Waals surface area contributed by atoms with Gasteiger partial charge in [0.05, 0.1) is 6.61 Å². The summed E-state index contributed by atoms with van der Waals surface area (Å²) < 4.78 is 29.9. The fourth-order valence-electron chi connectivity index (χ4n) is 2.95. The summed E-state index contributed by atoms with van der Waals surface area (Å²) in [5, 5.41) is 0. The van der Waals surface area contributed by atoms with Crippen LogP contribution >= 0.6 is 0 Å². The maximum atomic E-state index is 13.5. The second-order valence-corrected chi connectivity index (χ2v) is 6.65. The maximum absolute atomic E-state index is 13.5. The second-order valence-electron chi connectivity index (χ2n) is 6.65. The van der Waals surface area contributed by atoms with Crippen molar-refractivity contribution in [2.75, 3.05) is 13.2 Å². The molecule has 3 rings (SSSR count). The van der Waals surface area contributed by atoms with Crippen LogP contribution in [-0.2, 0) is 16.0 Å². The van der Waals surface area contributed by atoms with Crippen molar-refractivity contribution in [2.24, 2.45) is 0 Å². The van der Waals surface area contributed by atoms with Crippen LogP contribution in [0.15, 0.2) is 42.5 Å². The van der Waals surface area contributed by atoms with Crippen molar-refractivity contribution in [1.29, 1.82) is 0 Å². The van der Waals surface area contributed by atoms with Crippen LogP contribution in [-0.4, -0.2) is 31.1 Å². The van der Waals surface area contributed by atoms with Crippen molar-refractivity contribution >= 4 is 17.9 Å². The van der Waals surface area contributed by atoms with Crippen LogP contribution in [0, 0.1) is 5.82 Å². The molecule has 2 aromatic carbocycles. The molecule has 2 amide bonds. The number of carbonyl (C=O) groups is 2. The summed E-state index contributed by atoms with van der Waals surface area (Å²) in [6.45, 7) is 3.91. The zero-order chi connectivity index (χ0) is 21.5. The Bertz CT molecular complexity index is 961. The molecule has 0 aliphatic carbocycles. The van der Waals surface area contributed by atoms with Crippen LogP contribution in [0.1, 0.15) is 25.0 Å². The number of fused-ring (bicyclic) bond motifs is 1. The SMILES string of the molecule is CCOc1cc2c(cc1/C=C/C(=O)NNC(=O)COc1ccccc1F)O[C@@H](C)C2. The van der Waals surface area contributed by atoms with Crippen molar-refractivity contribution in [3.8, 4) is 17.2 Å². The fourth-order valence-corrected chi connectivity index (χ4v) is 2.95. The van der Waals surface area contributed by atoms with E-state index in [1.165, 1.54) is 24.3 Å². The van der Waals surface area contributed by atoms with E-state index in [0.29, 0.717) is 17.9 Å². The zero-order valence-electron chi connectivity index (χ0n) is 16.7. The van der Waals surface area contributed by atoms with Crippen molar-refractivity contribution in [3.63, 3.8) is 0 Å². The molecular weight excluding hydrogens is 391 g/mol. The number of para-hydroxylation sites is 1. The quantitative estimate of drug-likeness (QED) is 0.538. The molecule has 1 aliphatic heterocycles. The monoisotopic (exact) mass is 414 g/mol. The van der Waals surface area contributed by atoms with E-state index in [9.17, 15) is 14.0 Å². The van der Waals surface area contributed by atoms with Crippen molar-refractivity contribution in [2.45, 2.75) is 26.4 Å². The zero-order valence-corrected chi connectivity index (χ0v) is 16.7. The van der Waals surface area contributed by atoms with Crippen LogP contribution in [0.25, 0.3) is 6.08 Å². The number of halogens is 1. The van der Waals surface area contributed by atoms with Gasteiger partial charge in [-0.25, -0.2) is 4.39 Å². The van der Waals surface area contributed by atoms with Crippen LogP contribution in [0.2, 0.25) is 0 Å². The van der Waals surface area contributed by atoms with Gasteiger partial charge in [0.2, 0.25) is 0 Å². The standard InChI is InChI=1S/C22H23FN2O5/c1-3-28-19-12-16-10-14(2)30-20(16)11-15(19)8-9-21(26)24-25-22(27)13-29-18-7-5-4-6-17(18)23/h4-9,11-12,14H,3,10,13H2,1-2H3,(H,24,26)(H,25,27)/b9-8+/t14-/m0/s1. The van der Waals surface area contributed by atoms with Gasteiger partial charge in [-0.1, -0.05) is 12.1 Å². The number of benzene rings is 2. The molecule has 8 heteroatoms. The third-order valence-electron chi connectivity index (χ3n) is 4.26. The molecule has 0 bridgehead atoms. The van der Waals surface area contributed by atoms with E-state index in [1.54, 1.807) is 12.1 Å². The van der Waals surface area contributed by atoms with Crippen molar-refractivity contribution < 1.29 is 28.2 Å². The molecule has 1 aliphatic rings. The Balaban J connectivity index is 1.54. The van der Waals surface area contributed by atoms with Crippen molar-refractivity contribution in [3.05, 3.63) is 59.4 Å². The van der Waals surface area contributed by atoms with E-state index < -0.39 is 24.2 Å². The number of rotatable bonds is 7. The topological polar surface area (TPSA) is 85.9 Å². The van der Waals surface area contributed by atoms with Gasteiger partial charge in [-0.3, -0.25) is 20.4 Å². The van der Waals surface area contributed by atoms with E-state index in [4.69, 9.17) is 14.2 Å². The number of amides is 2. The van der Waals surface area contributed by atoms with E-state index in [-0.39, 0.29) is 11.9 Å². The van der Waals surface area contributed by atoms with Gasteiger partial charge < -0.3 is 14.2 Å². The highest BCUT2D eigenvalue weighted by atomic mass is 19.1. The summed E-state index contributed by atoms with van der Waals surface area (Å²) in [5.41, 5.74) is 6.20. The number of hydrogen-bond acceptors (Lipinski definition) is 5. The number of hydrogen-bond donors (Lipinski definition) is 2. The molecular formula is C22H23FN2O5. The lowest BCUT2D eigenvalue weighted by Gasteiger charge is -2.10. The molecule has 0 radical (unpaired) electrons. The number of ether oxygens (including phenoxy) is 3. The summed E-state index contributed by atoms with van der Waals surface area (Å²) in [6.07, 6.45) is 3.75. The van der Waals surface area contributed by atoms with Crippen LogP contribution < -0.4 is 25.1 Å². The first-order chi connectivity index (χ1) is 14.5. The van der Waals surface area contributed by atoms with Gasteiger partial charge in [-0.2, -0.15) is 0 Å². The molecule has 158 valence electrons. The predicted molar refractivity (Wildman–Crippen MR) is 109 cm³/mol. The lowest BCUT2D eigenvalue weighted by atomic mass is 10.1. The number of carbonyl (C=O) groups excluding carboxylic acids is 2. The van der Waals surface area contributed by atoms with Gasteiger partial charge in [-0.15, -0.1) is 0 Å². The molecule has 2 N–H and O–H groups in total. The second kappa shape index (κ2) is 9.78. The average Bonchev–Trinajstić information content (AvgIpc) is 3.09. The lowest BCUT2D eigenvalue weighted by Crippen LogP contribution is -2.43. The van der Waals surface area contributed by atoms with E-state index >= 15 is 0 Å². The van der Waals surface area contributed by atoms with E-state index in [0.717, 1.165) is 17.7 Å². The molecule has 0 spiro atoms. The lowest BCUT2D eigenvalue weighted by molar-refractivity contribution is -0.128. The highest BCUT2D eigenvalue weighted by Crippen LogP contribution is 2.35. The van der Waals surface area contributed by atoms with Gasteiger partial charge in [0.25, 0.3) is 11.8 Å².